The SMILES string of the molecule is O=C(O)Cc1cc(-c2coc3ccncc23)ccn1. The first-order valence-corrected chi connectivity index (χ1v) is 5.72. The highest BCUT2D eigenvalue weighted by Crippen LogP contribution is 2.29. The Morgan fingerprint density at radius 2 is 2.21 bits per heavy atom. The second-order valence-electron chi connectivity index (χ2n) is 4.13. The maximum Gasteiger partial charge on any atom is 0.309 e. The van der Waals surface area contributed by atoms with E-state index < -0.39 is 5.97 Å². The number of carboxylic acids is 1. The van der Waals surface area contributed by atoms with Gasteiger partial charge in [-0.15, -0.1) is 0 Å². The molecule has 0 fully saturated rings. The lowest BCUT2D eigenvalue weighted by molar-refractivity contribution is -0.136. The first kappa shape index (κ1) is 11.4. The van der Waals surface area contributed by atoms with Gasteiger partial charge in [-0.2, -0.15) is 0 Å². The lowest BCUT2D eigenvalue weighted by Crippen LogP contribution is -2.01. The van der Waals surface area contributed by atoms with Crippen LogP contribution in [0.4, 0.5) is 0 Å². The molecule has 0 aromatic carbocycles. The summed E-state index contributed by atoms with van der Waals surface area (Å²) in [7, 11) is 0. The average Bonchev–Trinajstić information content (AvgIpc) is 2.82. The van der Waals surface area contributed by atoms with Gasteiger partial charge in [0.15, 0.2) is 0 Å². The Morgan fingerprint density at radius 3 is 3.05 bits per heavy atom. The molecule has 3 aromatic rings. The second kappa shape index (κ2) is 4.53. The summed E-state index contributed by atoms with van der Waals surface area (Å²) in [6, 6.07) is 5.37. The third-order valence-corrected chi connectivity index (χ3v) is 2.83. The Morgan fingerprint density at radius 1 is 1.32 bits per heavy atom. The van der Waals surface area contributed by atoms with Gasteiger partial charge in [0.05, 0.1) is 18.4 Å². The molecule has 0 aliphatic carbocycles. The van der Waals surface area contributed by atoms with E-state index in [1.807, 2.05) is 6.07 Å². The van der Waals surface area contributed by atoms with Gasteiger partial charge in [-0.25, -0.2) is 0 Å². The molecule has 0 saturated heterocycles. The van der Waals surface area contributed by atoms with E-state index in [-0.39, 0.29) is 6.42 Å². The molecule has 19 heavy (non-hydrogen) atoms. The standard InChI is InChI=1S/C14H10N2O3/c17-14(18)6-10-5-9(1-4-16-10)12-8-19-13-2-3-15-7-11(12)13/h1-5,7-8H,6H2,(H,17,18). The Hall–Kier alpha value is -2.69. The highest BCUT2D eigenvalue weighted by Gasteiger charge is 2.10. The minimum atomic E-state index is -0.900. The van der Waals surface area contributed by atoms with Gasteiger partial charge in [0.1, 0.15) is 5.58 Å². The average molecular weight is 254 g/mol. The monoisotopic (exact) mass is 254 g/mol. The van der Waals surface area contributed by atoms with E-state index in [4.69, 9.17) is 9.52 Å². The van der Waals surface area contributed by atoms with Crippen molar-refractivity contribution in [2.75, 3.05) is 0 Å². The van der Waals surface area contributed by atoms with Crippen LogP contribution in [-0.2, 0) is 11.2 Å². The minimum absolute atomic E-state index is 0.0954. The third kappa shape index (κ3) is 2.18. The molecule has 0 aliphatic heterocycles. The zero-order chi connectivity index (χ0) is 13.2. The molecule has 3 heterocycles. The Balaban J connectivity index is 2.09. The summed E-state index contributed by atoms with van der Waals surface area (Å²) >= 11 is 0. The van der Waals surface area contributed by atoms with Gasteiger partial charge in [-0.05, 0) is 23.8 Å². The molecule has 0 bridgehead atoms. The molecule has 3 aromatic heterocycles. The van der Waals surface area contributed by atoms with Crippen LogP contribution in [0.3, 0.4) is 0 Å². The topological polar surface area (TPSA) is 76.2 Å². The number of carboxylic acid groups (broad SMARTS) is 1. The van der Waals surface area contributed by atoms with Crippen LogP contribution in [0.5, 0.6) is 0 Å². The van der Waals surface area contributed by atoms with Gasteiger partial charge in [-0.3, -0.25) is 14.8 Å². The predicted octanol–water partition coefficient (Wildman–Crippen LogP) is 2.52. The molecule has 0 radical (unpaired) electrons. The van der Waals surface area contributed by atoms with Crippen molar-refractivity contribution in [2.45, 2.75) is 6.42 Å². The van der Waals surface area contributed by atoms with Crippen molar-refractivity contribution in [1.82, 2.24) is 9.97 Å². The molecule has 0 aliphatic rings. The number of fused-ring (bicyclic) bond motifs is 1. The Kier molecular flexibility index (Phi) is 2.72. The summed E-state index contributed by atoms with van der Waals surface area (Å²) in [5.74, 6) is -0.900. The Bertz CT molecular complexity index is 749. The molecule has 0 atom stereocenters. The maximum atomic E-state index is 10.7. The van der Waals surface area contributed by atoms with E-state index in [9.17, 15) is 4.79 Å². The number of rotatable bonds is 3. The lowest BCUT2D eigenvalue weighted by atomic mass is 10.1. The van der Waals surface area contributed by atoms with E-state index >= 15 is 0 Å². The van der Waals surface area contributed by atoms with E-state index in [0.29, 0.717) is 5.69 Å². The first-order valence-electron chi connectivity index (χ1n) is 5.72. The highest BCUT2D eigenvalue weighted by molar-refractivity contribution is 5.93. The van der Waals surface area contributed by atoms with Crippen LogP contribution in [0.1, 0.15) is 5.69 Å². The fourth-order valence-electron chi connectivity index (χ4n) is 1.99. The van der Waals surface area contributed by atoms with E-state index in [0.717, 1.165) is 22.1 Å². The number of hydrogen-bond donors (Lipinski definition) is 1. The highest BCUT2D eigenvalue weighted by atomic mass is 16.4. The molecular weight excluding hydrogens is 244 g/mol. The van der Waals surface area contributed by atoms with Crippen LogP contribution in [-0.4, -0.2) is 21.0 Å². The van der Waals surface area contributed by atoms with Crippen molar-refractivity contribution in [1.29, 1.82) is 0 Å². The van der Waals surface area contributed by atoms with Crippen LogP contribution in [0, 0.1) is 0 Å². The summed E-state index contributed by atoms with van der Waals surface area (Å²) < 4.78 is 5.45. The van der Waals surface area contributed by atoms with Gasteiger partial charge in [0, 0.05) is 29.5 Å². The van der Waals surface area contributed by atoms with Crippen molar-refractivity contribution < 1.29 is 14.3 Å². The summed E-state index contributed by atoms with van der Waals surface area (Å²) in [6.45, 7) is 0. The molecular formula is C14H10N2O3. The number of pyridine rings is 2. The summed E-state index contributed by atoms with van der Waals surface area (Å²) in [6.07, 6.45) is 6.54. The predicted molar refractivity (Wildman–Crippen MR) is 68.6 cm³/mol. The zero-order valence-electron chi connectivity index (χ0n) is 9.91. The Labute approximate surface area is 108 Å². The molecule has 0 amide bonds. The van der Waals surface area contributed by atoms with Crippen LogP contribution >= 0.6 is 0 Å². The van der Waals surface area contributed by atoms with Gasteiger partial charge >= 0.3 is 5.97 Å². The number of carbonyl (C=O) groups is 1. The van der Waals surface area contributed by atoms with Crippen LogP contribution in [0.25, 0.3) is 22.1 Å². The van der Waals surface area contributed by atoms with E-state index in [2.05, 4.69) is 9.97 Å². The molecule has 94 valence electrons. The molecule has 0 spiro atoms. The van der Waals surface area contributed by atoms with Gasteiger partial charge in [-0.1, -0.05) is 0 Å². The van der Waals surface area contributed by atoms with E-state index in [1.54, 1.807) is 37.0 Å². The maximum absolute atomic E-state index is 10.7. The van der Waals surface area contributed by atoms with Gasteiger partial charge < -0.3 is 9.52 Å². The number of aromatic nitrogens is 2. The second-order valence-corrected chi connectivity index (χ2v) is 4.13. The van der Waals surface area contributed by atoms with Crippen molar-refractivity contribution in [2.24, 2.45) is 0 Å². The number of nitrogens with zero attached hydrogens (tertiary/aromatic N) is 2. The number of hydrogen-bond acceptors (Lipinski definition) is 4. The summed E-state index contributed by atoms with van der Waals surface area (Å²) in [4.78, 5) is 18.8. The van der Waals surface area contributed by atoms with Crippen LogP contribution in [0.15, 0.2) is 47.5 Å². The molecule has 5 heteroatoms. The minimum Gasteiger partial charge on any atom is -0.481 e. The van der Waals surface area contributed by atoms with Gasteiger partial charge in [0.25, 0.3) is 0 Å². The largest absolute Gasteiger partial charge is 0.481 e. The smallest absolute Gasteiger partial charge is 0.309 e. The normalized spacial score (nSPS) is 10.7. The quantitative estimate of drug-likeness (QED) is 0.777. The fraction of sp³-hybridized carbons (Fsp3) is 0.0714. The number of aliphatic carboxylic acids is 1. The number of furan rings is 1. The molecule has 0 unspecified atom stereocenters. The van der Waals surface area contributed by atoms with Gasteiger partial charge in [0.2, 0.25) is 0 Å². The van der Waals surface area contributed by atoms with Crippen molar-refractivity contribution in [3.05, 3.63) is 48.7 Å². The van der Waals surface area contributed by atoms with Crippen LogP contribution < -0.4 is 0 Å². The lowest BCUT2D eigenvalue weighted by Gasteiger charge is -2.01. The fourth-order valence-corrected chi connectivity index (χ4v) is 1.99. The van der Waals surface area contributed by atoms with E-state index in [1.165, 1.54) is 0 Å². The van der Waals surface area contributed by atoms with Crippen molar-refractivity contribution in [3.8, 4) is 11.1 Å². The molecule has 5 nitrogen and oxygen atoms in total. The molecule has 3 rings (SSSR count). The zero-order valence-corrected chi connectivity index (χ0v) is 9.91. The third-order valence-electron chi connectivity index (χ3n) is 2.83. The summed E-state index contributed by atoms with van der Waals surface area (Å²) in [5, 5.41) is 9.69. The molecule has 1 N–H and O–H groups in total. The summed E-state index contributed by atoms with van der Waals surface area (Å²) in [5.41, 5.74) is 3.03. The molecule has 0 saturated carbocycles. The van der Waals surface area contributed by atoms with Crippen molar-refractivity contribution in [3.63, 3.8) is 0 Å². The first-order chi connectivity index (χ1) is 9.24. The van der Waals surface area contributed by atoms with Crippen molar-refractivity contribution >= 4 is 16.9 Å². The van der Waals surface area contributed by atoms with Crippen LogP contribution in [0.2, 0.25) is 0 Å².